The zero-order valence-electron chi connectivity index (χ0n) is 20.3. The second-order valence-electron chi connectivity index (χ2n) is 8.91. The Labute approximate surface area is 214 Å². The molecular weight excluding hydrogens is 472 g/mol. The van der Waals surface area contributed by atoms with Crippen LogP contribution in [0.5, 0.6) is 5.75 Å². The summed E-state index contributed by atoms with van der Waals surface area (Å²) < 4.78 is 10.7. The van der Waals surface area contributed by atoms with Gasteiger partial charge in [0.2, 0.25) is 0 Å². The number of ketones is 1. The van der Waals surface area contributed by atoms with E-state index in [1.807, 2.05) is 6.07 Å². The fourth-order valence-electron chi connectivity index (χ4n) is 4.75. The summed E-state index contributed by atoms with van der Waals surface area (Å²) in [6.07, 6.45) is 4.86. The molecule has 1 aromatic heterocycles. The van der Waals surface area contributed by atoms with Crippen molar-refractivity contribution in [3.8, 4) is 5.75 Å². The van der Waals surface area contributed by atoms with E-state index in [-0.39, 0.29) is 24.5 Å². The Morgan fingerprint density at radius 3 is 2.65 bits per heavy atom. The van der Waals surface area contributed by atoms with Gasteiger partial charge in [0.05, 0.1) is 30.4 Å². The summed E-state index contributed by atoms with van der Waals surface area (Å²) in [5.41, 5.74) is 3.13. The van der Waals surface area contributed by atoms with E-state index in [4.69, 9.17) is 9.47 Å². The quantitative estimate of drug-likeness (QED) is 0.235. The second kappa shape index (κ2) is 10.3. The molecule has 8 nitrogen and oxygen atoms in total. The molecule has 0 saturated carbocycles. The van der Waals surface area contributed by atoms with Gasteiger partial charge in [-0.25, -0.2) is 4.79 Å². The van der Waals surface area contributed by atoms with Gasteiger partial charge in [-0.05, 0) is 72.9 Å². The van der Waals surface area contributed by atoms with Gasteiger partial charge in [0.15, 0.2) is 0 Å². The zero-order chi connectivity index (χ0) is 25.9. The summed E-state index contributed by atoms with van der Waals surface area (Å²) in [7, 11) is 0. The molecule has 2 aliphatic rings. The Balaban J connectivity index is 1.53. The highest BCUT2D eigenvalue weighted by Gasteiger charge is 2.46. The van der Waals surface area contributed by atoms with Crippen molar-refractivity contribution in [2.24, 2.45) is 0 Å². The van der Waals surface area contributed by atoms with Crippen molar-refractivity contribution >= 4 is 23.4 Å². The first-order valence-electron chi connectivity index (χ1n) is 12.2. The number of pyridine rings is 1. The zero-order valence-corrected chi connectivity index (χ0v) is 20.3. The SMILES string of the molecule is CCOC(=O)c1ccc(CN2C(=O)C(=O)/C(=C(\O)c3ccc4c(c3)CCCO4)C2c2cccnc2)cc1. The number of benzene rings is 2. The molecule has 2 aliphatic heterocycles. The summed E-state index contributed by atoms with van der Waals surface area (Å²) in [5.74, 6) is -1.38. The van der Waals surface area contributed by atoms with Crippen molar-refractivity contribution in [3.63, 3.8) is 0 Å². The summed E-state index contributed by atoms with van der Waals surface area (Å²) in [6.45, 7) is 2.75. The van der Waals surface area contributed by atoms with Gasteiger partial charge >= 0.3 is 5.97 Å². The minimum absolute atomic E-state index is 0.0119. The molecule has 1 atom stereocenters. The number of carbonyl (C=O) groups is 3. The third-order valence-electron chi connectivity index (χ3n) is 6.54. The lowest BCUT2D eigenvalue weighted by Crippen LogP contribution is -2.29. The van der Waals surface area contributed by atoms with Crippen molar-refractivity contribution in [3.05, 3.63) is 100 Å². The first-order chi connectivity index (χ1) is 18.0. The first kappa shape index (κ1) is 24.2. The van der Waals surface area contributed by atoms with Gasteiger partial charge in [-0.3, -0.25) is 14.6 Å². The minimum atomic E-state index is -0.828. The molecule has 188 valence electrons. The number of aliphatic hydroxyl groups excluding tert-OH is 1. The molecule has 1 saturated heterocycles. The van der Waals surface area contributed by atoms with Gasteiger partial charge in [0.1, 0.15) is 11.5 Å². The third kappa shape index (κ3) is 4.70. The average molecular weight is 499 g/mol. The number of amides is 1. The molecule has 0 radical (unpaired) electrons. The highest BCUT2D eigenvalue weighted by atomic mass is 16.5. The summed E-state index contributed by atoms with van der Waals surface area (Å²) in [4.78, 5) is 44.1. The molecule has 37 heavy (non-hydrogen) atoms. The van der Waals surface area contributed by atoms with Crippen LogP contribution in [-0.2, 0) is 27.3 Å². The van der Waals surface area contributed by atoms with Crippen molar-refractivity contribution in [1.29, 1.82) is 0 Å². The smallest absolute Gasteiger partial charge is 0.338 e. The van der Waals surface area contributed by atoms with Crippen LogP contribution in [0, 0.1) is 0 Å². The van der Waals surface area contributed by atoms with Crippen LogP contribution in [0.1, 0.15) is 52.0 Å². The van der Waals surface area contributed by atoms with Crippen LogP contribution >= 0.6 is 0 Å². The molecule has 0 bridgehead atoms. The molecular formula is C29H26N2O6. The summed E-state index contributed by atoms with van der Waals surface area (Å²) in [5, 5.41) is 11.3. The molecule has 3 aromatic rings. The van der Waals surface area contributed by atoms with Crippen LogP contribution in [-0.4, -0.2) is 45.9 Å². The summed E-state index contributed by atoms with van der Waals surface area (Å²) >= 11 is 0. The highest BCUT2D eigenvalue weighted by molar-refractivity contribution is 6.46. The summed E-state index contributed by atoms with van der Waals surface area (Å²) in [6, 6.07) is 14.6. The number of ether oxygens (including phenoxy) is 2. The highest BCUT2D eigenvalue weighted by Crippen LogP contribution is 2.40. The van der Waals surface area contributed by atoms with Crippen LogP contribution in [0.15, 0.2) is 72.6 Å². The van der Waals surface area contributed by atoms with E-state index in [9.17, 15) is 19.5 Å². The lowest BCUT2D eigenvalue weighted by molar-refractivity contribution is -0.140. The number of Topliss-reactive ketones (excluding diaryl/α,β-unsaturated/α-hetero) is 1. The van der Waals surface area contributed by atoms with Gasteiger partial charge in [-0.1, -0.05) is 18.2 Å². The molecule has 2 aromatic carbocycles. The maximum Gasteiger partial charge on any atom is 0.338 e. The molecule has 3 heterocycles. The van der Waals surface area contributed by atoms with Gasteiger partial charge in [0.25, 0.3) is 11.7 Å². The Hall–Kier alpha value is -4.46. The van der Waals surface area contributed by atoms with Crippen molar-refractivity contribution in [1.82, 2.24) is 9.88 Å². The van der Waals surface area contributed by atoms with E-state index in [0.29, 0.717) is 23.3 Å². The molecule has 1 unspecified atom stereocenters. The first-order valence-corrected chi connectivity index (χ1v) is 12.2. The Morgan fingerprint density at radius 1 is 1.14 bits per heavy atom. The molecule has 1 fully saturated rings. The predicted octanol–water partition coefficient (Wildman–Crippen LogP) is 4.21. The van der Waals surface area contributed by atoms with E-state index < -0.39 is 23.7 Å². The number of aromatic nitrogens is 1. The molecule has 8 heteroatoms. The number of likely N-dealkylation sites (tertiary alicyclic amines) is 1. The molecule has 5 rings (SSSR count). The Bertz CT molecular complexity index is 1380. The van der Waals surface area contributed by atoms with E-state index in [1.165, 1.54) is 4.90 Å². The number of carbonyl (C=O) groups excluding carboxylic acids is 3. The topological polar surface area (TPSA) is 106 Å². The Kier molecular flexibility index (Phi) is 6.72. The van der Waals surface area contributed by atoms with Gasteiger partial charge in [-0.15, -0.1) is 0 Å². The number of hydrogen-bond acceptors (Lipinski definition) is 7. The van der Waals surface area contributed by atoms with Crippen molar-refractivity contribution in [2.75, 3.05) is 13.2 Å². The van der Waals surface area contributed by atoms with Gasteiger partial charge in [-0.2, -0.15) is 0 Å². The fraction of sp³-hybridized carbons (Fsp3) is 0.241. The lowest BCUT2D eigenvalue weighted by Gasteiger charge is -2.25. The normalized spacial score (nSPS) is 18.3. The maximum atomic E-state index is 13.3. The Morgan fingerprint density at radius 2 is 1.92 bits per heavy atom. The van der Waals surface area contributed by atoms with Gasteiger partial charge < -0.3 is 19.5 Å². The van der Waals surface area contributed by atoms with Crippen molar-refractivity contribution < 1.29 is 29.0 Å². The van der Waals surface area contributed by atoms with E-state index in [1.54, 1.807) is 67.8 Å². The second-order valence-corrected chi connectivity index (χ2v) is 8.91. The average Bonchev–Trinajstić information content (AvgIpc) is 3.18. The van der Waals surface area contributed by atoms with E-state index >= 15 is 0 Å². The molecule has 0 aliphatic carbocycles. The number of fused-ring (bicyclic) bond motifs is 1. The van der Waals surface area contributed by atoms with Crippen LogP contribution in [0.2, 0.25) is 0 Å². The number of esters is 1. The van der Waals surface area contributed by atoms with Crippen LogP contribution in [0.25, 0.3) is 5.76 Å². The number of aryl methyl sites for hydroxylation is 1. The van der Waals surface area contributed by atoms with E-state index in [0.717, 1.165) is 29.7 Å². The third-order valence-corrected chi connectivity index (χ3v) is 6.54. The van der Waals surface area contributed by atoms with Crippen LogP contribution in [0.3, 0.4) is 0 Å². The maximum absolute atomic E-state index is 13.3. The fourth-order valence-corrected chi connectivity index (χ4v) is 4.75. The number of rotatable bonds is 6. The molecule has 0 spiro atoms. The lowest BCUT2D eigenvalue weighted by atomic mass is 9.94. The molecule has 1 amide bonds. The van der Waals surface area contributed by atoms with Crippen LogP contribution < -0.4 is 4.74 Å². The standard InChI is InChI=1S/C29H26N2O6/c1-2-36-29(35)19-9-7-18(8-10-19)17-31-25(22-5-3-13-30-16-22)24(27(33)28(31)34)26(32)21-11-12-23-20(15-21)6-4-14-37-23/h3,5,7-13,15-16,25,32H,2,4,6,14,17H2,1H3/b26-24-. The van der Waals surface area contributed by atoms with Crippen molar-refractivity contribution in [2.45, 2.75) is 32.4 Å². The monoisotopic (exact) mass is 498 g/mol. The molecule has 1 N–H and O–H groups in total. The minimum Gasteiger partial charge on any atom is -0.507 e. The number of nitrogens with zero attached hydrogens (tertiary/aromatic N) is 2. The van der Waals surface area contributed by atoms with Gasteiger partial charge in [0, 0.05) is 24.5 Å². The predicted molar refractivity (Wildman–Crippen MR) is 135 cm³/mol. The number of hydrogen-bond donors (Lipinski definition) is 1. The largest absolute Gasteiger partial charge is 0.507 e. The van der Waals surface area contributed by atoms with E-state index in [2.05, 4.69) is 4.98 Å². The van der Waals surface area contributed by atoms with Crippen LogP contribution in [0.4, 0.5) is 0 Å². The number of aliphatic hydroxyl groups is 1.